The van der Waals surface area contributed by atoms with Crippen LogP contribution in [0.3, 0.4) is 0 Å². The van der Waals surface area contributed by atoms with Crippen molar-refractivity contribution in [2.24, 2.45) is 5.41 Å². The zero-order valence-corrected chi connectivity index (χ0v) is 10.4. The van der Waals surface area contributed by atoms with E-state index in [1.54, 1.807) is 0 Å². The van der Waals surface area contributed by atoms with Gasteiger partial charge in [-0.1, -0.05) is 0 Å². The van der Waals surface area contributed by atoms with Crippen molar-refractivity contribution in [1.29, 1.82) is 5.26 Å². The van der Waals surface area contributed by atoms with Crippen molar-refractivity contribution in [2.75, 3.05) is 27.2 Å². The lowest BCUT2D eigenvalue weighted by molar-refractivity contribution is 0.187. The topological polar surface area (TPSA) is 39.1 Å². The number of hydrogen-bond donors (Lipinski definition) is 1. The lowest BCUT2D eigenvalue weighted by atomic mass is 10.0. The molecule has 0 amide bonds. The van der Waals surface area contributed by atoms with E-state index in [4.69, 9.17) is 5.26 Å². The highest BCUT2D eigenvalue weighted by Gasteiger charge is 2.42. The Balaban J connectivity index is 2.25. The molecule has 0 saturated heterocycles. The third-order valence-electron chi connectivity index (χ3n) is 3.68. The van der Waals surface area contributed by atoms with Gasteiger partial charge in [0.1, 0.15) is 0 Å². The maximum Gasteiger partial charge on any atom is 0.0628 e. The van der Waals surface area contributed by atoms with Crippen LogP contribution in [0.4, 0.5) is 0 Å². The first kappa shape index (κ1) is 12.5. The maximum atomic E-state index is 8.70. The van der Waals surface area contributed by atoms with Gasteiger partial charge in [-0.05, 0) is 46.2 Å². The Hall–Kier alpha value is -0.590. The van der Waals surface area contributed by atoms with E-state index < -0.39 is 0 Å². The maximum absolute atomic E-state index is 8.70. The van der Waals surface area contributed by atoms with Crippen LogP contribution in [0.2, 0.25) is 0 Å². The Bertz CT molecular complexity index is 246. The van der Waals surface area contributed by atoms with Crippen molar-refractivity contribution in [3.63, 3.8) is 0 Å². The molecule has 1 saturated carbocycles. The average molecular weight is 209 g/mol. The molecule has 0 aromatic carbocycles. The second-order valence-corrected chi connectivity index (χ2v) is 5.65. The molecule has 1 fully saturated rings. The van der Waals surface area contributed by atoms with E-state index in [2.05, 4.69) is 44.2 Å². The molecule has 3 nitrogen and oxygen atoms in total. The summed E-state index contributed by atoms with van der Waals surface area (Å²) in [7, 11) is 4.20. The summed E-state index contributed by atoms with van der Waals surface area (Å²) in [6.45, 7) is 6.43. The van der Waals surface area contributed by atoms with Crippen LogP contribution in [0.1, 0.15) is 33.1 Å². The van der Waals surface area contributed by atoms with Gasteiger partial charge in [0.25, 0.3) is 0 Å². The summed E-state index contributed by atoms with van der Waals surface area (Å²) < 4.78 is 0. The molecule has 0 aliphatic heterocycles. The van der Waals surface area contributed by atoms with E-state index in [1.807, 2.05) is 0 Å². The fourth-order valence-corrected chi connectivity index (χ4v) is 1.55. The molecule has 1 N–H and O–H groups in total. The van der Waals surface area contributed by atoms with Gasteiger partial charge in [-0.3, -0.25) is 0 Å². The molecule has 86 valence electrons. The molecule has 0 radical (unpaired) electrons. The number of rotatable bonds is 6. The monoisotopic (exact) mass is 209 g/mol. The van der Waals surface area contributed by atoms with Crippen LogP contribution in [-0.2, 0) is 0 Å². The smallest absolute Gasteiger partial charge is 0.0628 e. The van der Waals surface area contributed by atoms with Crippen LogP contribution in [0.5, 0.6) is 0 Å². The molecular formula is C12H23N3. The van der Waals surface area contributed by atoms with Crippen LogP contribution in [-0.4, -0.2) is 37.6 Å². The van der Waals surface area contributed by atoms with Gasteiger partial charge in [0, 0.05) is 25.0 Å². The molecule has 1 rings (SSSR count). The molecule has 1 aliphatic carbocycles. The number of hydrogen-bond acceptors (Lipinski definition) is 3. The van der Waals surface area contributed by atoms with Crippen LogP contribution >= 0.6 is 0 Å². The van der Waals surface area contributed by atoms with Crippen LogP contribution in [0.15, 0.2) is 0 Å². The summed E-state index contributed by atoms with van der Waals surface area (Å²) in [6.07, 6.45) is 3.15. The highest BCUT2D eigenvalue weighted by Crippen LogP contribution is 2.47. The van der Waals surface area contributed by atoms with Gasteiger partial charge in [-0.2, -0.15) is 5.26 Å². The Morgan fingerprint density at radius 3 is 2.40 bits per heavy atom. The lowest BCUT2D eigenvalue weighted by Gasteiger charge is -2.33. The Labute approximate surface area is 93.5 Å². The first-order chi connectivity index (χ1) is 6.92. The van der Waals surface area contributed by atoms with Gasteiger partial charge in [0.2, 0.25) is 0 Å². The van der Waals surface area contributed by atoms with Crippen LogP contribution < -0.4 is 5.32 Å². The summed E-state index contributed by atoms with van der Waals surface area (Å²) in [5.74, 6) is 0. The predicted octanol–water partition coefficient (Wildman–Crippen LogP) is 1.61. The summed E-state index contributed by atoms with van der Waals surface area (Å²) in [4.78, 5) is 2.23. The second kappa shape index (κ2) is 4.51. The molecule has 0 bridgehead atoms. The highest BCUT2D eigenvalue weighted by atomic mass is 15.2. The van der Waals surface area contributed by atoms with E-state index in [1.165, 1.54) is 12.8 Å². The van der Waals surface area contributed by atoms with E-state index in [0.717, 1.165) is 13.1 Å². The summed E-state index contributed by atoms with van der Waals surface area (Å²) in [5, 5.41) is 12.2. The van der Waals surface area contributed by atoms with Gasteiger partial charge >= 0.3 is 0 Å². The SMILES string of the molecule is CN(C)C(C)(C)CNCC1(CC#N)CC1. The van der Waals surface area contributed by atoms with Gasteiger partial charge in [-0.25, -0.2) is 0 Å². The predicted molar refractivity (Wildman–Crippen MR) is 62.5 cm³/mol. The number of nitriles is 1. The molecule has 0 atom stereocenters. The molecule has 15 heavy (non-hydrogen) atoms. The summed E-state index contributed by atoms with van der Waals surface area (Å²) >= 11 is 0. The average Bonchev–Trinajstić information content (AvgIpc) is 2.85. The lowest BCUT2D eigenvalue weighted by Crippen LogP contribution is -2.47. The first-order valence-corrected chi connectivity index (χ1v) is 5.67. The number of nitrogens with zero attached hydrogens (tertiary/aromatic N) is 2. The zero-order valence-electron chi connectivity index (χ0n) is 10.4. The van der Waals surface area contributed by atoms with Gasteiger partial charge in [-0.15, -0.1) is 0 Å². The Kier molecular flexibility index (Phi) is 3.75. The van der Waals surface area contributed by atoms with Gasteiger partial charge < -0.3 is 10.2 Å². The van der Waals surface area contributed by atoms with Crippen molar-refractivity contribution >= 4 is 0 Å². The molecular weight excluding hydrogens is 186 g/mol. The summed E-state index contributed by atoms with van der Waals surface area (Å²) in [6, 6.07) is 2.29. The molecule has 0 unspecified atom stereocenters. The van der Waals surface area contributed by atoms with E-state index in [-0.39, 0.29) is 5.54 Å². The van der Waals surface area contributed by atoms with Crippen molar-refractivity contribution in [2.45, 2.75) is 38.6 Å². The third kappa shape index (κ3) is 3.48. The molecule has 0 aromatic heterocycles. The van der Waals surface area contributed by atoms with E-state index >= 15 is 0 Å². The minimum atomic E-state index is 0.183. The Morgan fingerprint density at radius 1 is 1.40 bits per heavy atom. The van der Waals surface area contributed by atoms with E-state index in [0.29, 0.717) is 11.8 Å². The molecule has 3 heteroatoms. The van der Waals surface area contributed by atoms with Crippen molar-refractivity contribution in [3.05, 3.63) is 0 Å². The Morgan fingerprint density at radius 2 is 2.00 bits per heavy atom. The fraction of sp³-hybridized carbons (Fsp3) is 0.917. The van der Waals surface area contributed by atoms with Crippen molar-refractivity contribution in [1.82, 2.24) is 10.2 Å². The van der Waals surface area contributed by atoms with Crippen molar-refractivity contribution in [3.8, 4) is 6.07 Å². The zero-order chi connectivity index (χ0) is 11.5. The number of likely N-dealkylation sites (N-methyl/N-ethyl adjacent to an activating group) is 1. The first-order valence-electron chi connectivity index (χ1n) is 5.67. The van der Waals surface area contributed by atoms with Gasteiger partial charge in [0.05, 0.1) is 6.07 Å². The summed E-state index contributed by atoms with van der Waals surface area (Å²) in [5.41, 5.74) is 0.500. The molecule has 0 aromatic rings. The minimum Gasteiger partial charge on any atom is -0.314 e. The molecule has 1 aliphatic rings. The fourth-order valence-electron chi connectivity index (χ4n) is 1.55. The van der Waals surface area contributed by atoms with Gasteiger partial charge in [0.15, 0.2) is 0 Å². The normalized spacial score (nSPS) is 18.9. The highest BCUT2D eigenvalue weighted by molar-refractivity contribution is 5.01. The largest absolute Gasteiger partial charge is 0.314 e. The van der Waals surface area contributed by atoms with Crippen LogP contribution in [0, 0.1) is 16.7 Å². The van der Waals surface area contributed by atoms with Crippen molar-refractivity contribution < 1.29 is 0 Å². The second-order valence-electron chi connectivity index (χ2n) is 5.65. The van der Waals surface area contributed by atoms with Crippen LogP contribution in [0.25, 0.3) is 0 Å². The third-order valence-corrected chi connectivity index (χ3v) is 3.68. The quantitative estimate of drug-likeness (QED) is 0.722. The minimum absolute atomic E-state index is 0.183. The molecule has 0 heterocycles. The number of nitrogens with one attached hydrogen (secondary N) is 1. The standard InChI is InChI=1S/C12H23N3/c1-11(2,15(3)4)9-14-10-12(5-6-12)7-8-13/h14H,5-7,9-10H2,1-4H3. The molecule has 0 spiro atoms. The van der Waals surface area contributed by atoms with E-state index in [9.17, 15) is 0 Å².